The van der Waals surface area contributed by atoms with Crippen molar-refractivity contribution < 1.29 is 14.3 Å². The molecule has 1 saturated heterocycles. The first-order valence-corrected chi connectivity index (χ1v) is 13.0. The molecule has 1 aliphatic rings. The summed E-state index contributed by atoms with van der Waals surface area (Å²) in [6.45, 7) is 5.99. The number of ether oxygens (including phenoxy) is 1. The van der Waals surface area contributed by atoms with Gasteiger partial charge in [-0.25, -0.2) is 9.97 Å². The maximum atomic E-state index is 13.4. The number of thioether (sulfide) groups is 1. The number of hydrogen-bond acceptors (Lipinski definition) is 7. The van der Waals surface area contributed by atoms with Crippen molar-refractivity contribution in [3.8, 4) is 5.75 Å². The maximum absolute atomic E-state index is 13.4. The first-order valence-electron chi connectivity index (χ1n) is 11.8. The Bertz CT molecular complexity index is 1220. The lowest BCUT2D eigenvalue weighted by atomic mass is 10.1. The van der Waals surface area contributed by atoms with E-state index >= 15 is 0 Å². The summed E-state index contributed by atoms with van der Waals surface area (Å²) in [6, 6.07) is 12.1. The second-order valence-corrected chi connectivity index (χ2v) is 10.6. The zero-order chi connectivity index (χ0) is 25.5. The van der Waals surface area contributed by atoms with Crippen LogP contribution in [-0.2, 0) is 0 Å². The molecule has 36 heavy (non-hydrogen) atoms. The number of nitrogens with one attached hydrogen (secondary N) is 3. The van der Waals surface area contributed by atoms with Crippen LogP contribution in [0.4, 0.5) is 11.5 Å². The van der Waals surface area contributed by atoms with Gasteiger partial charge in [0.25, 0.3) is 11.8 Å². The van der Waals surface area contributed by atoms with Crippen LogP contribution in [0.25, 0.3) is 0 Å². The third-order valence-corrected chi connectivity index (χ3v) is 6.61. The quantitative estimate of drug-likeness (QED) is 0.344. The van der Waals surface area contributed by atoms with Gasteiger partial charge in [0, 0.05) is 22.5 Å². The Kier molecular flexibility index (Phi) is 8.79. The molecule has 0 atom stereocenters. The first-order chi connectivity index (χ1) is 17.4. The smallest absolute Gasteiger partial charge is 0.277 e. The Hall–Kier alpha value is -3.14. The Morgan fingerprint density at radius 2 is 1.89 bits per heavy atom. The molecule has 1 fully saturated rings. The third-order valence-electron chi connectivity index (χ3n) is 5.39. The van der Waals surface area contributed by atoms with E-state index < -0.39 is 5.91 Å². The molecule has 0 saturated carbocycles. The maximum Gasteiger partial charge on any atom is 0.277 e. The van der Waals surface area contributed by atoms with Crippen LogP contribution in [0.15, 0.2) is 59.8 Å². The molecule has 0 bridgehead atoms. The molecule has 10 heteroatoms. The first kappa shape index (κ1) is 25.9. The number of benzene rings is 1. The molecule has 0 aliphatic carbocycles. The van der Waals surface area contributed by atoms with Crippen LogP contribution in [0.1, 0.15) is 47.5 Å². The van der Waals surface area contributed by atoms with Gasteiger partial charge in [0.2, 0.25) is 0 Å². The number of piperidine rings is 1. The Morgan fingerprint density at radius 3 is 2.61 bits per heavy atom. The van der Waals surface area contributed by atoms with Crippen molar-refractivity contribution in [3.05, 3.63) is 71.1 Å². The highest BCUT2D eigenvalue weighted by Crippen LogP contribution is 2.31. The normalized spacial score (nSPS) is 13.9. The van der Waals surface area contributed by atoms with Gasteiger partial charge in [-0.05, 0) is 68.4 Å². The van der Waals surface area contributed by atoms with Crippen molar-refractivity contribution in [2.75, 3.05) is 23.7 Å². The molecule has 8 nitrogen and oxygen atoms in total. The van der Waals surface area contributed by atoms with Gasteiger partial charge < -0.3 is 20.7 Å². The summed E-state index contributed by atoms with van der Waals surface area (Å²) in [4.78, 5) is 35.6. The van der Waals surface area contributed by atoms with E-state index in [0.29, 0.717) is 27.4 Å². The molecular weight excluding hydrogens is 498 g/mol. The van der Waals surface area contributed by atoms with Crippen LogP contribution in [0.5, 0.6) is 5.75 Å². The number of pyridine rings is 2. The topological polar surface area (TPSA) is 105 Å². The predicted octanol–water partition coefficient (Wildman–Crippen LogP) is 5.27. The number of carbonyl (C=O) groups excluding carboxylic acids is 2. The largest absolute Gasteiger partial charge is 0.489 e. The summed E-state index contributed by atoms with van der Waals surface area (Å²) in [6.07, 6.45) is 4.69. The fourth-order valence-electron chi connectivity index (χ4n) is 3.73. The van der Waals surface area contributed by atoms with Crippen LogP contribution in [0, 0.1) is 0 Å². The van der Waals surface area contributed by atoms with Gasteiger partial charge >= 0.3 is 0 Å². The van der Waals surface area contributed by atoms with Crippen molar-refractivity contribution >= 4 is 46.7 Å². The van der Waals surface area contributed by atoms with Gasteiger partial charge in [-0.3, -0.25) is 9.59 Å². The molecule has 3 aromatic rings. The second-order valence-electron chi connectivity index (χ2n) is 8.56. The van der Waals surface area contributed by atoms with Crippen molar-refractivity contribution in [1.82, 2.24) is 15.3 Å². The highest BCUT2D eigenvalue weighted by atomic mass is 35.5. The lowest BCUT2D eigenvalue weighted by Crippen LogP contribution is -2.34. The van der Waals surface area contributed by atoms with E-state index in [-0.39, 0.29) is 23.4 Å². The SMILES string of the molecule is CC(C)Sc1ccc(C(=O)Nc2cccnc2C(=O)Nc2ccc(Cl)cn2)c(OC2CCNCC2)c1. The van der Waals surface area contributed by atoms with Crippen molar-refractivity contribution in [1.29, 1.82) is 0 Å². The molecule has 1 aliphatic heterocycles. The minimum Gasteiger partial charge on any atom is -0.489 e. The lowest BCUT2D eigenvalue weighted by molar-refractivity contribution is 0.101. The average Bonchev–Trinajstić information content (AvgIpc) is 2.86. The van der Waals surface area contributed by atoms with Gasteiger partial charge in [-0.15, -0.1) is 11.8 Å². The molecule has 2 amide bonds. The monoisotopic (exact) mass is 525 g/mol. The third kappa shape index (κ3) is 6.96. The number of carbonyl (C=O) groups is 2. The standard InChI is InChI=1S/C26H28ClN5O3S/c1-16(2)36-19-6-7-20(22(14-19)35-18-9-12-28-13-10-18)25(33)31-21-4-3-11-29-24(21)26(34)32-23-8-5-17(27)15-30-23/h3-8,11,14-16,18,28H,9-10,12-13H2,1-2H3,(H,31,33)(H,30,32,34). The average molecular weight is 526 g/mol. The fourth-order valence-corrected chi connectivity index (χ4v) is 4.71. The molecule has 4 rings (SSSR count). The van der Waals surface area contributed by atoms with E-state index in [9.17, 15) is 9.59 Å². The van der Waals surface area contributed by atoms with Gasteiger partial charge in [0.15, 0.2) is 5.69 Å². The van der Waals surface area contributed by atoms with Gasteiger partial charge in [-0.2, -0.15) is 0 Å². The number of anilines is 2. The summed E-state index contributed by atoms with van der Waals surface area (Å²) in [5, 5.41) is 9.69. The lowest BCUT2D eigenvalue weighted by Gasteiger charge is -2.25. The highest BCUT2D eigenvalue weighted by Gasteiger charge is 2.22. The number of amides is 2. The highest BCUT2D eigenvalue weighted by molar-refractivity contribution is 7.99. The van der Waals surface area contributed by atoms with E-state index in [1.165, 1.54) is 12.4 Å². The van der Waals surface area contributed by atoms with Crippen LogP contribution < -0.4 is 20.7 Å². The fraction of sp³-hybridized carbons (Fsp3) is 0.308. The Balaban J connectivity index is 1.56. The van der Waals surface area contributed by atoms with Gasteiger partial charge in [-0.1, -0.05) is 25.4 Å². The number of halogens is 1. The molecule has 1 aromatic carbocycles. The summed E-state index contributed by atoms with van der Waals surface area (Å²) in [7, 11) is 0. The molecule has 0 radical (unpaired) electrons. The van der Waals surface area contributed by atoms with Crippen molar-refractivity contribution in [2.24, 2.45) is 0 Å². The van der Waals surface area contributed by atoms with Crippen LogP contribution in [-0.4, -0.2) is 46.2 Å². The minimum atomic E-state index is -0.504. The predicted molar refractivity (Wildman–Crippen MR) is 143 cm³/mol. The molecule has 2 aromatic heterocycles. The summed E-state index contributed by atoms with van der Waals surface area (Å²) < 4.78 is 6.31. The second kappa shape index (κ2) is 12.2. The van der Waals surface area contributed by atoms with Crippen LogP contribution in [0.2, 0.25) is 5.02 Å². The van der Waals surface area contributed by atoms with E-state index in [1.807, 2.05) is 12.1 Å². The molecule has 0 unspecified atom stereocenters. The van der Waals surface area contributed by atoms with E-state index in [2.05, 4.69) is 39.8 Å². The molecule has 188 valence electrons. The Morgan fingerprint density at radius 1 is 1.08 bits per heavy atom. The van der Waals surface area contributed by atoms with Crippen molar-refractivity contribution in [2.45, 2.75) is 42.9 Å². The molecule has 3 heterocycles. The van der Waals surface area contributed by atoms with Gasteiger partial charge in [0.05, 0.1) is 16.3 Å². The molecule has 0 spiro atoms. The van der Waals surface area contributed by atoms with Crippen molar-refractivity contribution in [3.63, 3.8) is 0 Å². The van der Waals surface area contributed by atoms with Crippen LogP contribution >= 0.6 is 23.4 Å². The number of nitrogens with zero attached hydrogens (tertiary/aromatic N) is 2. The number of rotatable bonds is 8. The van der Waals surface area contributed by atoms with E-state index in [4.69, 9.17) is 16.3 Å². The Labute approximate surface area is 219 Å². The molecule has 3 N–H and O–H groups in total. The molecular formula is C26H28ClN5O3S. The summed E-state index contributed by atoms with van der Waals surface area (Å²) in [5.41, 5.74) is 0.744. The van der Waals surface area contributed by atoms with E-state index in [0.717, 1.165) is 30.8 Å². The summed E-state index contributed by atoms with van der Waals surface area (Å²) >= 11 is 7.57. The van der Waals surface area contributed by atoms with E-state index in [1.54, 1.807) is 42.1 Å². The zero-order valence-electron chi connectivity index (χ0n) is 20.1. The minimum absolute atomic E-state index is 0.0312. The van der Waals surface area contributed by atoms with Crippen LogP contribution in [0.3, 0.4) is 0 Å². The van der Waals surface area contributed by atoms with Gasteiger partial charge in [0.1, 0.15) is 17.7 Å². The number of aromatic nitrogens is 2. The number of hydrogen-bond donors (Lipinski definition) is 3. The zero-order valence-corrected chi connectivity index (χ0v) is 21.7. The summed E-state index contributed by atoms with van der Waals surface area (Å²) in [5.74, 6) is -0.0317.